The van der Waals surface area contributed by atoms with Gasteiger partial charge < -0.3 is 10.1 Å². The van der Waals surface area contributed by atoms with E-state index in [0.29, 0.717) is 30.6 Å². The lowest BCUT2D eigenvalue weighted by Crippen LogP contribution is -2.35. The summed E-state index contributed by atoms with van der Waals surface area (Å²) in [6.45, 7) is 6.95. The smallest absolute Gasteiger partial charge is 0.226 e. The van der Waals surface area contributed by atoms with Crippen molar-refractivity contribution in [2.75, 3.05) is 26.3 Å². The Morgan fingerprint density at radius 2 is 2.13 bits per heavy atom. The van der Waals surface area contributed by atoms with Crippen molar-refractivity contribution in [3.05, 3.63) is 34.9 Å². The zero-order valence-electron chi connectivity index (χ0n) is 13.8. The highest BCUT2D eigenvalue weighted by Crippen LogP contribution is 2.26. The largest absolute Gasteiger partial charge is 0.381 e. The summed E-state index contributed by atoms with van der Waals surface area (Å²) in [5.74, 6) is 0.472. The van der Waals surface area contributed by atoms with Crippen molar-refractivity contribution in [1.82, 2.24) is 16.2 Å². The lowest BCUT2D eigenvalue weighted by molar-refractivity contribution is -0.125. The van der Waals surface area contributed by atoms with Crippen molar-refractivity contribution in [3.8, 4) is 0 Å². The maximum atomic E-state index is 12.4. The van der Waals surface area contributed by atoms with Crippen molar-refractivity contribution in [2.24, 2.45) is 11.8 Å². The molecule has 1 amide bonds. The highest BCUT2D eigenvalue weighted by molar-refractivity contribution is 6.30. The first-order chi connectivity index (χ1) is 11.1. The Balaban J connectivity index is 1.76. The summed E-state index contributed by atoms with van der Waals surface area (Å²) in [5, 5.41) is 3.70. The quantitative estimate of drug-likeness (QED) is 0.636. The summed E-state index contributed by atoms with van der Waals surface area (Å²) in [6, 6.07) is 7.56. The van der Waals surface area contributed by atoms with Gasteiger partial charge in [0.25, 0.3) is 0 Å². The number of rotatable bonds is 8. The van der Waals surface area contributed by atoms with Crippen LogP contribution in [0.4, 0.5) is 0 Å². The summed E-state index contributed by atoms with van der Waals surface area (Å²) >= 11 is 5.92. The summed E-state index contributed by atoms with van der Waals surface area (Å²) in [4.78, 5) is 12.4. The number of carbonyl (C=O) groups is 1. The van der Waals surface area contributed by atoms with Crippen molar-refractivity contribution in [1.29, 1.82) is 0 Å². The molecule has 3 N–H and O–H groups in total. The van der Waals surface area contributed by atoms with Crippen LogP contribution in [-0.4, -0.2) is 32.2 Å². The normalized spacial score (nSPS) is 20.9. The summed E-state index contributed by atoms with van der Waals surface area (Å²) in [5.41, 5.74) is 7.29. The van der Waals surface area contributed by atoms with Crippen molar-refractivity contribution < 1.29 is 9.53 Å². The molecule has 23 heavy (non-hydrogen) atoms. The van der Waals surface area contributed by atoms with Crippen LogP contribution in [0.15, 0.2) is 24.3 Å². The van der Waals surface area contributed by atoms with Crippen LogP contribution < -0.4 is 16.2 Å². The van der Waals surface area contributed by atoms with Gasteiger partial charge in [-0.2, -0.15) is 0 Å². The molecule has 0 bridgehead atoms. The van der Waals surface area contributed by atoms with Crippen molar-refractivity contribution in [2.45, 2.75) is 26.3 Å². The maximum absolute atomic E-state index is 12.4. The number of amides is 1. The average molecular weight is 340 g/mol. The van der Waals surface area contributed by atoms with E-state index in [0.717, 1.165) is 18.6 Å². The molecular formula is C17H26ClN3O2. The third kappa shape index (κ3) is 5.77. The van der Waals surface area contributed by atoms with E-state index in [4.69, 9.17) is 16.3 Å². The molecule has 128 valence electrons. The molecule has 1 aliphatic heterocycles. The van der Waals surface area contributed by atoms with Gasteiger partial charge >= 0.3 is 0 Å². The molecule has 0 saturated carbocycles. The fourth-order valence-electron chi connectivity index (χ4n) is 2.56. The van der Waals surface area contributed by atoms with Crippen molar-refractivity contribution >= 4 is 17.5 Å². The molecular weight excluding hydrogens is 314 g/mol. The van der Waals surface area contributed by atoms with Gasteiger partial charge in [-0.15, -0.1) is 0 Å². The number of nitrogens with one attached hydrogen (secondary N) is 3. The van der Waals surface area contributed by atoms with E-state index in [-0.39, 0.29) is 17.9 Å². The van der Waals surface area contributed by atoms with Crippen LogP contribution in [0, 0.1) is 11.8 Å². The summed E-state index contributed by atoms with van der Waals surface area (Å²) in [6.07, 6.45) is 0.831. The Bertz CT molecular complexity index is 493. The number of hydrogen-bond acceptors (Lipinski definition) is 4. The van der Waals surface area contributed by atoms with Gasteiger partial charge in [-0.25, -0.2) is 5.43 Å². The van der Waals surface area contributed by atoms with E-state index >= 15 is 0 Å². The Kier molecular flexibility index (Phi) is 7.30. The fraction of sp³-hybridized carbons (Fsp3) is 0.588. The van der Waals surface area contributed by atoms with Gasteiger partial charge in [0.1, 0.15) is 0 Å². The van der Waals surface area contributed by atoms with E-state index in [2.05, 4.69) is 30.0 Å². The highest BCUT2D eigenvalue weighted by Gasteiger charge is 2.33. The van der Waals surface area contributed by atoms with Crippen molar-refractivity contribution in [3.63, 3.8) is 0 Å². The Hall–Kier alpha value is -1.14. The number of hydrazine groups is 1. The molecule has 2 atom stereocenters. The molecule has 6 heteroatoms. The molecule has 1 fully saturated rings. The second kappa shape index (κ2) is 9.23. The number of benzene rings is 1. The number of carbonyl (C=O) groups excluding carboxylic acids is 1. The molecule has 1 aliphatic rings. The summed E-state index contributed by atoms with van der Waals surface area (Å²) in [7, 11) is 0. The maximum Gasteiger partial charge on any atom is 0.226 e. The average Bonchev–Trinajstić information content (AvgIpc) is 3.00. The van der Waals surface area contributed by atoms with E-state index < -0.39 is 0 Å². The van der Waals surface area contributed by atoms with E-state index in [1.54, 1.807) is 0 Å². The van der Waals surface area contributed by atoms with Gasteiger partial charge in [-0.05, 0) is 30.0 Å². The van der Waals surface area contributed by atoms with Crippen LogP contribution in [0.5, 0.6) is 0 Å². The van der Waals surface area contributed by atoms with Crippen LogP contribution in [0.2, 0.25) is 5.02 Å². The highest BCUT2D eigenvalue weighted by atomic mass is 35.5. The predicted molar refractivity (Wildman–Crippen MR) is 92.1 cm³/mol. The lowest BCUT2D eigenvalue weighted by Gasteiger charge is -2.18. The molecule has 0 radical (unpaired) electrons. The van der Waals surface area contributed by atoms with Gasteiger partial charge in [-0.3, -0.25) is 10.2 Å². The van der Waals surface area contributed by atoms with Gasteiger partial charge in [0.05, 0.1) is 12.0 Å². The number of halogens is 1. The zero-order chi connectivity index (χ0) is 16.7. The third-order valence-electron chi connectivity index (χ3n) is 3.76. The van der Waals surface area contributed by atoms with Crippen LogP contribution in [0.3, 0.4) is 0 Å². The minimum Gasteiger partial charge on any atom is -0.381 e. The standard InChI is InChI=1S/C17H26ClN3O2/c1-12(2)11-23-9-3-8-19-17(22)15-10-20-21-16(15)13-4-6-14(18)7-5-13/h4-7,12,15-16,20-21H,3,8-11H2,1-2H3,(H,19,22). The molecule has 2 rings (SSSR count). The van der Waals surface area contributed by atoms with Crippen LogP contribution >= 0.6 is 11.6 Å². The molecule has 1 aromatic rings. The predicted octanol–water partition coefficient (Wildman–Crippen LogP) is 2.28. The molecule has 1 saturated heterocycles. The summed E-state index contributed by atoms with van der Waals surface area (Å²) < 4.78 is 5.52. The van der Waals surface area contributed by atoms with E-state index in [1.165, 1.54) is 0 Å². The second-order valence-electron chi connectivity index (χ2n) is 6.27. The SMILES string of the molecule is CC(C)COCCCNC(=O)C1CNNC1c1ccc(Cl)cc1. The first kappa shape index (κ1) is 18.2. The van der Waals surface area contributed by atoms with Gasteiger partial charge in [0.15, 0.2) is 0 Å². The van der Waals surface area contributed by atoms with E-state index in [1.807, 2.05) is 24.3 Å². The number of ether oxygens (including phenoxy) is 1. The Labute approximate surface area is 143 Å². The second-order valence-corrected chi connectivity index (χ2v) is 6.71. The van der Waals surface area contributed by atoms with Crippen LogP contribution in [0.1, 0.15) is 31.9 Å². The van der Waals surface area contributed by atoms with Gasteiger partial charge in [-0.1, -0.05) is 37.6 Å². The van der Waals surface area contributed by atoms with Crippen LogP contribution in [-0.2, 0) is 9.53 Å². The van der Waals surface area contributed by atoms with Crippen LogP contribution in [0.25, 0.3) is 0 Å². The molecule has 2 unspecified atom stereocenters. The van der Waals surface area contributed by atoms with Gasteiger partial charge in [0, 0.05) is 31.3 Å². The minimum absolute atomic E-state index is 0.0375. The zero-order valence-corrected chi connectivity index (χ0v) is 14.5. The first-order valence-corrected chi connectivity index (χ1v) is 8.55. The molecule has 5 nitrogen and oxygen atoms in total. The minimum atomic E-state index is -0.132. The first-order valence-electron chi connectivity index (χ1n) is 8.17. The fourth-order valence-corrected chi connectivity index (χ4v) is 2.69. The molecule has 0 aliphatic carbocycles. The third-order valence-corrected chi connectivity index (χ3v) is 4.02. The topological polar surface area (TPSA) is 62.4 Å². The lowest BCUT2D eigenvalue weighted by atomic mass is 9.94. The molecule has 1 heterocycles. The number of hydrogen-bond donors (Lipinski definition) is 3. The van der Waals surface area contributed by atoms with E-state index in [9.17, 15) is 4.79 Å². The molecule has 1 aromatic carbocycles. The molecule has 0 spiro atoms. The van der Waals surface area contributed by atoms with Gasteiger partial charge in [0.2, 0.25) is 5.91 Å². The Morgan fingerprint density at radius 1 is 1.39 bits per heavy atom. The molecule has 0 aromatic heterocycles. The Morgan fingerprint density at radius 3 is 2.83 bits per heavy atom. The monoisotopic (exact) mass is 339 g/mol.